The molecule has 0 fully saturated rings. The molecule has 43 heavy (non-hydrogen) atoms. The third-order valence-corrected chi connectivity index (χ3v) is 6.68. The minimum atomic E-state index is -1.14. The van der Waals surface area contributed by atoms with Crippen LogP contribution in [0, 0.1) is 13.8 Å². The van der Waals surface area contributed by atoms with Gasteiger partial charge in [0.1, 0.15) is 23.4 Å². The highest BCUT2D eigenvalue weighted by atomic mass is 16.6. The number of methoxy groups -OCH3 is 1. The predicted molar refractivity (Wildman–Crippen MR) is 168 cm³/mol. The minimum Gasteiger partial charge on any atom is -0.497 e. The Morgan fingerprint density at radius 1 is 0.953 bits per heavy atom. The molecule has 10 nitrogen and oxygen atoms in total. The molecular weight excluding hydrogens is 548 g/mol. The lowest BCUT2D eigenvalue weighted by Crippen LogP contribution is -2.52. The van der Waals surface area contributed by atoms with Crippen molar-refractivity contribution < 1.29 is 28.7 Å². The van der Waals surface area contributed by atoms with Crippen LogP contribution in [0.4, 0.5) is 10.5 Å². The lowest BCUT2D eigenvalue weighted by Gasteiger charge is -2.35. The summed E-state index contributed by atoms with van der Waals surface area (Å²) in [6.45, 7) is 11.4. The van der Waals surface area contributed by atoms with Crippen molar-refractivity contribution in [2.75, 3.05) is 19.0 Å². The molecule has 0 radical (unpaired) electrons. The molecule has 0 bridgehead atoms. The topological polar surface area (TPSA) is 140 Å². The van der Waals surface area contributed by atoms with Crippen LogP contribution in [0.15, 0.2) is 42.5 Å². The van der Waals surface area contributed by atoms with Crippen LogP contribution >= 0.6 is 0 Å². The first-order chi connectivity index (χ1) is 20.2. The van der Waals surface area contributed by atoms with E-state index in [-0.39, 0.29) is 19.4 Å². The van der Waals surface area contributed by atoms with Crippen molar-refractivity contribution in [2.45, 2.75) is 97.8 Å². The maximum Gasteiger partial charge on any atom is 0.408 e. The molecule has 2 atom stereocenters. The van der Waals surface area contributed by atoms with E-state index in [0.717, 1.165) is 30.4 Å². The number of ether oxygens (including phenoxy) is 2. The van der Waals surface area contributed by atoms with E-state index in [4.69, 9.17) is 15.2 Å². The zero-order chi connectivity index (χ0) is 32.2. The fourth-order valence-electron chi connectivity index (χ4n) is 4.80. The van der Waals surface area contributed by atoms with E-state index in [1.807, 2.05) is 32.0 Å². The Labute approximate surface area is 255 Å². The maximum absolute atomic E-state index is 14.4. The van der Waals surface area contributed by atoms with Gasteiger partial charge in [-0.3, -0.25) is 14.4 Å². The molecule has 0 spiro atoms. The van der Waals surface area contributed by atoms with Crippen LogP contribution in [0.3, 0.4) is 0 Å². The molecule has 2 unspecified atom stereocenters. The SMILES string of the molecule is CCCCCCN(C(=O)C(CCC(N)=O)NC(=O)OC(C)(C)C)C(C(=O)Nc1ccc(OC)cc1)c1cc(C)cc(C)c1. The van der Waals surface area contributed by atoms with E-state index in [9.17, 15) is 19.2 Å². The van der Waals surface area contributed by atoms with Gasteiger partial charge in [0.15, 0.2) is 0 Å². The van der Waals surface area contributed by atoms with E-state index in [1.165, 1.54) is 4.90 Å². The van der Waals surface area contributed by atoms with Gasteiger partial charge in [-0.1, -0.05) is 55.5 Å². The Kier molecular flexibility index (Phi) is 13.5. The number of nitrogens with zero attached hydrogens (tertiary/aromatic N) is 1. The second kappa shape index (κ2) is 16.5. The molecule has 4 N–H and O–H groups in total. The number of rotatable bonds is 15. The van der Waals surface area contributed by atoms with Gasteiger partial charge in [-0.25, -0.2) is 4.79 Å². The molecule has 0 aromatic heterocycles. The maximum atomic E-state index is 14.4. The van der Waals surface area contributed by atoms with E-state index in [2.05, 4.69) is 17.6 Å². The van der Waals surface area contributed by atoms with Gasteiger partial charge in [-0.15, -0.1) is 0 Å². The second-order valence-corrected chi connectivity index (χ2v) is 11.8. The van der Waals surface area contributed by atoms with E-state index < -0.39 is 41.5 Å². The van der Waals surface area contributed by atoms with Gasteiger partial charge in [-0.05, 0) is 77.3 Å². The van der Waals surface area contributed by atoms with Crippen LogP contribution in [0.2, 0.25) is 0 Å². The van der Waals surface area contributed by atoms with Crippen molar-refractivity contribution in [3.05, 3.63) is 59.2 Å². The van der Waals surface area contributed by atoms with E-state index in [0.29, 0.717) is 23.4 Å². The molecule has 0 aliphatic carbocycles. The first-order valence-corrected chi connectivity index (χ1v) is 14.9. The number of unbranched alkanes of at least 4 members (excludes halogenated alkanes) is 3. The molecule has 2 rings (SSSR count). The monoisotopic (exact) mass is 596 g/mol. The highest BCUT2D eigenvalue weighted by Gasteiger charge is 2.36. The number of carbonyl (C=O) groups is 4. The number of aryl methyl sites for hydroxylation is 2. The highest BCUT2D eigenvalue weighted by Crippen LogP contribution is 2.28. The van der Waals surface area contributed by atoms with Gasteiger partial charge in [0.05, 0.1) is 7.11 Å². The van der Waals surface area contributed by atoms with Crippen molar-refractivity contribution in [1.29, 1.82) is 0 Å². The van der Waals surface area contributed by atoms with Crippen LogP contribution in [0.1, 0.15) is 89.0 Å². The summed E-state index contributed by atoms with van der Waals surface area (Å²) in [4.78, 5) is 54.5. The highest BCUT2D eigenvalue weighted by molar-refractivity contribution is 5.99. The molecular formula is C33H48N4O6. The molecule has 0 heterocycles. The van der Waals surface area contributed by atoms with Gasteiger partial charge in [0.2, 0.25) is 11.8 Å². The standard InChI is InChI=1S/C33H48N4O6/c1-8-9-10-11-18-37(31(40)27(16-17-28(34)38)36-32(41)43-33(4,5)6)29(24-20-22(2)19-23(3)21-24)30(39)35-25-12-14-26(42-7)15-13-25/h12-15,19-21,27,29H,8-11,16-18H2,1-7H3,(H2,34,38)(H,35,39)(H,36,41). The Morgan fingerprint density at radius 2 is 1.58 bits per heavy atom. The average molecular weight is 597 g/mol. The third kappa shape index (κ3) is 12.0. The summed E-state index contributed by atoms with van der Waals surface area (Å²) in [5.74, 6) is -0.883. The van der Waals surface area contributed by atoms with Crippen LogP contribution in [-0.2, 0) is 19.1 Å². The minimum absolute atomic E-state index is 0.0431. The number of hydrogen-bond donors (Lipinski definition) is 3. The van der Waals surface area contributed by atoms with Crippen molar-refractivity contribution >= 4 is 29.5 Å². The predicted octanol–water partition coefficient (Wildman–Crippen LogP) is 5.56. The molecule has 0 saturated carbocycles. The number of carbonyl (C=O) groups excluding carboxylic acids is 4. The molecule has 236 valence electrons. The third-order valence-electron chi connectivity index (χ3n) is 6.68. The van der Waals surface area contributed by atoms with Crippen molar-refractivity contribution in [1.82, 2.24) is 10.2 Å². The van der Waals surface area contributed by atoms with Crippen molar-refractivity contribution in [2.24, 2.45) is 5.73 Å². The molecule has 4 amide bonds. The van der Waals surface area contributed by atoms with E-state index in [1.54, 1.807) is 52.1 Å². The summed E-state index contributed by atoms with van der Waals surface area (Å²) in [5, 5.41) is 5.59. The Balaban J connectivity index is 2.59. The van der Waals surface area contributed by atoms with Crippen LogP contribution < -0.4 is 21.1 Å². The summed E-state index contributed by atoms with van der Waals surface area (Å²) in [6.07, 6.45) is 2.48. The van der Waals surface area contributed by atoms with Gasteiger partial charge >= 0.3 is 6.09 Å². The lowest BCUT2D eigenvalue weighted by atomic mass is 9.97. The summed E-state index contributed by atoms with van der Waals surface area (Å²) in [6, 6.07) is 10.5. The average Bonchev–Trinajstić information content (AvgIpc) is 2.91. The van der Waals surface area contributed by atoms with Gasteiger partial charge < -0.3 is 30.7 Å². The van der Waals surface area contributed by atoms with Crippen molar-refractivity contribution in [3.63, 3.8) is 0 Å². The molecule has 2 aromatic carbocycles. The molecule has 0 aliphatic heterocycles. The molecule has 10 heteroatoms. The number of nitrogens with one attached hydrogen (secondary N) is 2. The number of alkyl carbamates (subject to hydrolysis) is 1. The van der Waals surface area contributed by atoms with Crippen molar-refractivity contribution in [3.8, 4) is 5.75 Å². The normalized spacial score (nSPS) is 12.5. The summed E-state index contributed by atoms with van der Waals surface area (Å²) >= 11 is 0. The fraction of sp³-hybridized carbons (Fsp3) is 0.515. The molecule has 2 aromatic rings. The number of nitrogens with two attached hydrogens (primary N) is 1. The lowest BCUT2D eigenvalue weighted by molar-refractivity contribution is -0.141. The van der Waals surface area contributed by atoms with Gasteiger partial charge in [-0.2, -0.15) is 0 Å². The fourth-order valence-corrected chi connectivity index (χ4v) is 4.80. The smallest absolute Gasteiger partial charge is 0.408 e. The van der Waals surface area contributed by atoms with Crippen LogP contribution in [0.5, 0.6) is 5.75 Å². The zero-order valence-electron chi connectivity index (χ0n) is 26.6. The summed E-state index contributed by atoms with van der Waals surface area (Å²) < 4.78 is 10.6. The van der Waals surface area contributed by atoms with Gasteiger partial charge in [0.25, 0.3) is 5.91 Å². The number of primary amides is 1. The van der Waals surface area contributed by atoms with Crippen LogP contribution in [0.25, 0.3) is 0 Å². The van der Waals surface area contributed by atoms with E-state index >= 15 is 0 Å². The zero-order valence-corrected chi connectivity index (χ0v) is 26.6. The number of anilines is 1. The van der Waals surface area contributed by atoms with Gasteiger partial charge in [0, 0.05) is 18.7 Å². The summed E-state index contributed by atoms with van der Waals surface area (Å²) in [7, 11) is 1.56. The number of benzene rings is 2. The molecule has 0 saturated heterocycles. The molecule has 0 aliphatic rings. The first-order valence-electron chi connectivity index (χ1n) is 14.9. The Morgan fingerprint density at radius 3 is 2.12 bits per heavy atom. The first kappa shape index (κ1) is 35.1. The largest absolute Gasteiger partial charge is 0.497 e. The number of amides is 4. The Hall–Kier alpha value is -4.08. The quantitative estimate of drug-likeness (QED) is 0.230. The Bertz CT molecular complexity index is 1220. The summed E-state index contributed by atoms with van der Waals surface area (Å²) in [5.41, 5.74) is 7.67. The number of hydrogen-bond acceptors (Lipinski definition) is 6. The second-order valence-electron chi connectivity index (χ2n) is 11.8. The van der Waals surface area contributed by atoms with Crippen LogP contribution in [-0.4, -0.2) is 54.0 Å².